The average molecular weight is 432 g/mol. The largest absolute Gasteiger partial charge is 0.355 e. The molecule has 1 aromatic carbocycles. The van der Waals surface area contributed by atoms with E-state index in [-0.39, 0.29) is 17.9 Å². The van der Waals surface area contributed by atoms with Crippen LogP contribution < -0.4 is 5.32 Å². The maximum absolute atomic E-state index is 13.8. The van der Waals surface area contributed by atoms with E-state index in [2.05, 4.69) is 9.88 Å². The molecular formula is C25H29N5O2. The van der Waals surface area contributed by atoms with Crippen LogP contribution in [0.3, 0.4) is 0 Å². The van der Waals surface area contributed by atoms with E-state index in [4.69, 9.17) is 9.97 Å². The van der Waals surface area contributed by atoms with Gasteiger partial charge in [0.15, 0.2) is 5.65 Å². The van der Waals surface area contributed by atoms with Gasteiger partial charge in [-0.1, -0.05) is 18.6 Å². The Morgan fingerprint density at radius 3 is 2.62 bits per heavy atom. The van der Waals surface area contributed by atoms with E-state index < -0.39 is 0 Å². The number of aryl methyl sites for hydroxylation is 3. The molecule has 1 fully saturated rings. The number of nitrogens with one attached hydrogen (secondary N) is 1. The minimum absolute atomic E-state index is 0.0200. The molecule has 2 aliphatic rings. The third-order valence-electron chi connectivity index (χ3n) is 6.47. The molecule has 1 saturated carbocycles. The molecule has 0 bridgehead atoms. The highest BCUT2D eigenvalue weighted by Crippen LogP contribution is 2.32. The quantitative estimate of drug-likeness (QED) is 0.669. The number of carbonyl (C=O) groups excluding carboxylic acids is 2. The van der Waals surface area contributed by atoms with E-state index in [0.717, 1.165) is 66.9 Å². The van der Waals surface area contributed by atoms with Gasteiger partial charge in [-0.25, -0.2) is 9.97 Å². The number of amides is 2. The van der Waals surface area contributed by atoms with E-state index in [1.165, 1.54) is 6.42 Å². The first-order valence-electron chi connectivity index (χ1n) is 11.5. The van der Waals surface area contributed by atoms with Gasteiger partial charge < -0.3 is 14.8 Å². The molecular weight excluding hydrogens is 402 g/mol. The Balaban J connectivity index is 1.48. The Morgan fingerprint density at radius 1 is 1.12 bits per heavy atom. The lowest BCUT2D eigenvalue weighted by molar-refractivity contribution is 0.0731. The second kappa shape index (κ2) is 8.37. The molecule has 166 valence electrons. The highest BCUT2D eigenvalue weighted by atomic mass is 16.2. The summed E-state index contributed by atoms with van der Waals surface area (Å²) in [4.78, 5) is 37.2. The monoisotopic (exact) mass is 431 g/mol. The Kier molecular flexibility index (Phi) is 5.41. The van der Waals surface area contributed by atoms with Gasteiger partial charge in [0, 0.05) is 43.9 Å². The Morgan fingerprint density at radius 2 is 1.91 bits per heavy atom. The summed E-state index contributed by atoms with van der Waals surface area (Å²) in [5.74, 6) is 0.958. The van der Waals surface area contributed by atoms with Crippen molar-refractivity contribution in [3.05, 3.63) is 58.5 Å². The maximum Gasteiger partial charge on any atom is 0.256 e. The van der Waals surface area contributed by atoms with Gasteiger partial charge in [-0.15, -0.1) is 0 Å². The molecule has 3 aromatic rings. The van der Waals surface area contributed by atoms with Gasteiger partial charge in [0.2, 0.25) is 0 Å². The summed E-state index contributed by atoms with van der Waals surface area (Å²) in [5.41, 5.74) is 4.71. The molecule has 1 aliphatic heterocycles. The lowest BCUT2D eigenvalue weighted by Crippen LogP contribution is -2.33. The number of aromatic nitrogens is 3. The second-order valence-corrected chi connectivity index (χ2v) is 8.91. The summed E-state index contributed by atoms with van der Waals surface area (Å²) >= 11 is 0. The summed E-state index contributed by atoms with van der Waals surface area (Å²) in [6, 6.07) is 9.63. The predicted molar refractivity (Wildman–Crippen MR) is 123 cm³/mol. The van der Waals surface area contributed by atoms with E-state index in [0.29, 0.717) is 17.7 Å². The highest BCUT2D eigenvalue weighted by molar-refractivity contribution is 6.04. The number of benzene rings is 1. The van der Waals surface area contributed by atoms with Crippen LogP contribution in [0.2, 0.25) is 0 Å². The van der Waals surface area contributed by atoms with Gasteiger partial charge in [-0.05, 0) is 56.4 Å². The smallest absolute Gasteiger partial charge is 0.256 e. The van der Waals surface area contributed by atoms with Gasteiger partial charge in [-0.2, -0.15) is 0 Å². The number of nitrogens with zero attached hydrogens (tertiary/aromatic N) is 4. The van der Waals surface area contributed by atoms with Gasteiger partial charge in [0.1, 0.15) is 11.3 Å². The Labute approximate surface area is 187 Å². The maximum atomic E-state index is 13.8. The van der Waals surface area contributed by atoms with Crippen LogP contribution in [0, 0.1) is 6.92 Å². The lowest BCUT2D eigenvalue weighted by Gasteiger charge is -2.23. The molecule has 7 nitrogen and oxygen atoms in total. The SMILES string of the molecule is CNC(=O)c1ccc(CN(C(=O)c2cc(C)nc3c2nc2n3CCCCC2)C2CC2)cc1. The molecule has 0 spiro atoms. The molecule has 0 saturated heterocycles. The number of imidazole rings is 1. The topological polar surface area (TPSA) is 80.1 Å². The number of hydrogen-bond donors (Lipinski definition) is 1. The zero-order valence-corrected chi connectivity index (χ0v) is 18.7. The number of pyridine rings is 1. The van der Waals surface area contributed by atoms with Crippen LogP contribution in [0.5, 0.6) is 0 Å². The molecule has 1 aliphatic carbocycles. The fourth-order valence-corrected chi connectivity index (χ4v) is 4.59. The van der Waals surface area contributed by atoms with E-state index >= 15 is 0 Å². The van der Waals surface area contributed by atoms with Crippen molar-refractivity contribution in [1.82, 2.24) is 24.8 Å². The van der Waals surface area contributed by atoms with Crippen LogP contribution in [-0.2, 0) is 19.5 Å². The van der Waals surface area contributed by atoms with Gasteiger partial charge in [-0.3, -0.25) is 9.59 Å². The van der Waals surface area contributed by atoms with Crippen LogP contribution in [-0.4, -0.2) is 44.3 Å². The summed E-state index contributed by atoms with van der Waals surface area (Å²) in [6.07, 6.45) is 6.44. The first kappa shape index (κ1) is 20.7. The van der Waals surface area contributed by atoms with Gasteiger partial charge >= 0.3 is 0 Å². The van der Waals surface area contributed by atoms with Crippen LogP contribution in [0.1, 0.15) is 69.9 Å². The third kappa shape index (κ3) is 3.87. The zero-order valence-electron chi connectivity index (χ0n) is 18.7. The molecule has 0 unspecified atom stereocenters. The number of rotatable bonds is 5. The van der Waals surface area contributed by atoms with Crippen LogP contribution >= 0.6 is 0 Å². The van der Waals surface area contributed by atoms with Gasteiger partial charge in [0.25, 0.3) is 11.8 Å². The fourth-order valence-electron chi connectivity index (χ4n) is 4.59. The van der Waals surface area contributed by atoms with Crippen molar-refractivity contribution in [2.75, 3.05) is 7.05 Å². The zero-order chi connectivity index (χ0) is 22.2. The molecule has 5 rings (SSSR count). The second-order valence-electron chi connectivity index (χ2n) is 8.91. The van der Waals surface area contributed by atoms with Crippen molar-refractivity contribution < 1.29 is 9.59 Å². The van der Waals surface area contributed by atoms with Crippen molar-refractivity contribution >= 4 is 23.0 Å². The summed E-state index contributed by atoms with van der Waals surface area (Å²) in [7, 11) is 1.62. The van der Waals surface area contributed by atoms with Gasteiger partial charge in [0.05, 0.1) is 5.56 Å². The van der Waals surface area contributed by atoms with Crippen molar-refractivity contribution in [3.8, 4) is 0 Å². The van der Waals surface area contributed by atoms with E-state index in [1.807, 2.05) is 42.2 Å². The van der Waals surface area contributed by atoms with Crippen LogP contribution in [0.4, 0.5) is 0 Å². The van der Waals surface area contributed by atoms with Crippen LogP contribution in [0.25, 0.3) is 11.2 Å². The lowest BCUT2D eigenvalue weighted by atomic mass is 10.1. The van der Waals surface area contributed by atoms with Crippen LogP contribution in [0.15, 0.2) is 30.3 Å². The Hall–Kier alpha value is -3.22. The number of hydrogen-bond acceptors (Lipinski definition) is 4. The fraction of sp³-hybridized carbons (Fsp3) is 0.440. The molecule has 1 N–H and O–H groups in total. The van der Waals surface area contributed by atoms with E-state index in [9.17, 15) is 9.59 Å². The van der Waals surface area contributed by atoms with Crippen molar-refractivity contribution in [2.45, 2.75) is 64.6 Å². The third-order valence-corrected chi connectivity index (χ3v) is 6.47. The number of fused-ring (bicyclic) bond motifs is 3. The average Bonchev–Trinajstić information content (AvgIpc) is 3.62. The van der Waals surface area contributed by atoms with E-state index in [1.54, 1.807) is 7.05 Å². The molecule has 2 amide bonds. The standard InChI is InChI=1S/C25H29N5O2/c1-16-14-20(22-23(27-16)29-13-5-3-4-6-21(29)28-22)25(32)30(19-11-12-19)15-17-7-9-18(10-8-17)24(31)26-2/h7-10,14,19H,3-6,11-13,15H2,1-2H3,(H,26,31). The first-order chi connectivity index (χ1) is 15.5. The predicted octanol–water partition coefficient (Wildman–Crippen LogP) is 3.63. The normalized spacial score (nSPS) is 15.8. The molecule has 0 radical (unpaired) electrons. The molecule has 0 atom stereocenters. The van der Waals surface area contributed by atoms with Crippen molar-refractivity contribution in [2.24, 2.45) is 0 Å². The minimum Gasteiger partial charge on any atom is -0.355 e. The van der Waals surface area contributed by atoms with Crippen molar-refractivity contribution in [1.29, 1.82) is 0 Å². The number of carbonyl (C=O) groups is 2. The molecule has 32 heavy (non-hydrogen) atoms. The Bertz CT molecular complexity index is 1180. The molecule has 7 heteroatoms. The minimum atomic E-state index is -0.110. The molecule has 3 heterocycles. The molecule has 2 aromatic heterocycles. The summed E-state index contributed by atoms with van der Waals surface area (Å²) in [6.45, 7) is 3.39. The summed E-state index contributed by atoms with van der Waals surface area (Å²) < 4.78 is 2.21. The highest BCUT2D eigenvalue weighted by Gasteiger charge is 2.34. The first-order valence-corrected chi connectivity index (χ1v) is 11.5. The summed E-state index contributed by atoms with van der Waals surface area (Å²) in [5, 5.41) is 2.64. The van der Waals surface area contributed by atoms with Crippen molar-refractivity contribution in [3.63, 3.8) is 0 Å².